The molecule has 0 aromatic heterocycles. The molecule has 31 heavy (non-hydrogen) atoms. The van der Waals surface area contributed by atoms with Crippen molar-refractivity contribution in [3.63, 3.8) is 0 Å². The zero-order valence-electron chi connectivity index (χ0n) is 17.8. The van der Waals surface area contributed by atoms with E-state index >= 15 is 0 Å². The summed E-state index contributed by atoms with van der Waals surface area (Å²) in [5, 5.41) is 9.20. The van der Waals surface area contributed by atoms with Crippen molar-refractivity contribution in [3.05, 3.63) is 70.2 Å². The lowest BCUT2D eigenvalue weighted by Gasteiger charge is -2.20. The molecule has 6 nitrogen and oxygen atoms in total. The summed E-state index contributed by atoms with van der Waals surface area (Å²) in [6, 6.07) is 13.4. The van der Waals surface area contributed by atoms with Crippen molar-refractivity contribution in [2.45, 2.75) is 51.7 Å². The fraction of sp³-hybridized carbons (Fsp3) is 0.375. The summed E-state index contributed by atoms with van der Waals surface area (Å²) in [5.74, 6) is -0.402. The average molecular weight is 442 g/mol. The number of carbonyl (C=O) groups is 3. The van der Waals surface area contributed by atoms with E-state index in [1.807, 2.05) is 26.0 Å². The maximum atomic E-state index is 12.8. The fourth-order valence-electron chi connectivity index (χ4n) is 3.13. The SMILES string of the molecule is CC(C)CC(NC(=O)c1ccc(Cl)cc1)C(=O)NCc1ccc(C(=O)NC2CC2)cc1. The monoisotopic (exact) mass is 441 g/mol. The van der Waals surface area contributed by atoms with Gasteiger partial charge in [0, 0.05) is 28.7 Å². The Morgan fingerprint density at radius 1 is 0.935 bits per heavy atom. The van der Waals surface area contributed by atoms with Crippen LogP contribution in [0, 0.1) is 5.92 Å². The van der Waals surface area contributed by atoms with Crippen LogP contribution in [0.3, 0.4) is 0 Å². The maximum absolute atomic E-state index is 12.8. The molecule has 0 saturated heterocycles. The van der Waals surface area contributed by atoms with E-state index in [0.717, 1.165) is 18.4 Å². The van der Waals surface area contributed by atoms with Crippen LogP contribution in [0.4, 0.5) is 0 Å². The highest BCUT2D eigenvalue weighted by atomic mass is 35.5. The molecule has 0 radical (unpaired) electrons. The van der Waals surface area contributed by atoms with Crippen LogP contribution < -0.4 is 16.0 Å². The van der Waals surface area contributed by atoms with Gasteiger partial charge in [0.15, 0.2) is 0 Å². The van der Waals surface area contributed by atoms with Crippen molar-refractivity contribution >= 4 is 29.3 Å². The van der Waals surface area contributed by atoms with Crippen molar-refractivity contribution in [2.75, 3.05) is 0 Å². The van der Waals surface area contributed by atoms with E-state index in [1.54, 1.807) is 36.4 Å². The lowest BCUT2D eigenvalue weighted by Crippen LogP contribution is -2.47. The molecule has 0 aliphatic heterocycles. The fourth-order valence-corrected chi connectivity index (χ4v) is 3.25. The standard InChI is InChI=1S/C24H28ClN3O3/c1-15(2)13-21(28-23(30)18-7-9-19(25)10-8-18)24(31)26-14-16-3-5-17(6-4-16)22(29)27-20-11-12-20/h3-10,15,20-21H,11-14H2,1-2H3,(H,26,31)(H,27,29)(H,28,30). The summed E-state index contributed by atoms with van der Waals surface area (Å²) in [5.41, 5.74) is 1.93. The van der Waals surface area contributed by atoms with Crippen LogP contribution in [0.15, 0.2) is 48.5 Å². The summed E-state index contributed by atoms with van der Waals surface area (Å²) in [6.07, 6.45) is 2.61. The Hall–Kier alpha value is -2.86. The third kappa shape index (κ3) is 7.10. The number of carbonyl (C=O) groups excluding carboxylic acids is 3. The minimum Gasteiger partial charge on any atom is -0.350 e. The van der Waals surface area contributed by atoms with Gasteiger partial charge in [0.1, 0.15) is 6.04 Å². The van der Waals surface area contributed by atoms with Crippen LogP contribution >= 0.6 is 11.6 Å². The number of rotatable bonds is 9. The van der Waals surface area contributed by atoms with E-state index in [9.17, 15) is 14.4 Å². The number of hydrogen-bond acceptors (Lipinski definition) is 3. The van der Waals surface area contributed by atoms with Gasteiger partial charge in [0.2, 0.25) is 5.91 Å². The maximum Gasteiger partial charge on any atom is 0.251 e. The molecule has 3 rings (SSSR count). The van der Waals surface area contributed by atoms with E-state index in [0.29, 0.717) is 35.2 Å². The molecule has 2 aromatic carbocycles. The molecule has 1 fully saturated rings. The van der Waals surface area contributed by atoms with E-state index < -0.39 is 6.04 Å². The van der Waals surface area contributed by atoms with Gasteiger partial charge < -0.3 is 16.0 Å². The Morgan fingerprint density at radius 3 is 2.10 bits per heavy atom. The number of hydrogen-bond donors (Lipinski definition) is 3. The summed E-state index contributed by atoms with van der Waals surface area (Å²) in [7, 11) is 0. The van der Waals surface area contributed by atoms with Gasteiger partial charge in [-0.25, -0.2) is 0 Å². The molecular weight excluding hydrogens is 414 g/mol. The Bertz CT molecular complexity index is 922. The third-order valence-corrected chi connectivity index (χ3v) is 5.28. The highest BCUT2D eigenvalue weighted by Gasteiger charge is 2.24. The highest BCUT2D eigenvalue weighted by Crippen LogP contribution is 2.19. The van der Waals surface area contributed by atoms with E-state index in [2.05, 4.69) is 16.0 Å². The van der Waals surface area contributed by atoms with Gasteiger partial charge >= 0.3 is 0 Å². The Morgan fingerprint density at radius 2 is 1.52 bits per heavy atom. The molecule has 3 amide bonds. The minimum atomic E-state index is -0.647. The topological polar surface area (TPSA) is 87.3 Å². The third-order valence-electron chi connectivity index (χ3n) is 5.03. The number of nitrogens with one attached hydrogen (secondary N) is 3. The van der Waals surface area contributed by atoms with Crippen LogP contribution in [0.5, 0.6) is 0 Å². The molecule has 0 bridgehead atoms. The molecule has 1 aliphatic rings. The van der Waals surface area contributed by atoms with Crippen LogP contribution in [0.2, 0.25) is 5.02 Å². The van der Waals surface area contributed by atoms with Crippen molar-refractivity contribution in [1.82, 2.24) is 16.0 Å². The predicted molar refractivity (Wildman–Crippen MR) is 121 cm³/mol. The molecule has 1 aliphatic carbocycles. The molecule has 1 unspecified atom stereocenters. The van der Waals surface area contributed by atoms with Crippen LogP contribution in [-0.2, 0) is 11.3 Å². The molecule has 3 N–H and O–H groups in total. The van der Waals surface area contributed by atoms with Gasteiger partial charge in [-0.15, -0.1) is 0 Å². The molecule has 1 atom stereocenters. The minimum absolute atomic E-state index is 0.0694. The van der Waals surface area contributed by atoms with Crippen LogP contribution in [0.25, 0.3) is 0 Å². The normalized spacial score (nSPS) is 14.1. The first-order valence-electron chi connectivity index (χ1n) is 10.6. The lowest BCUT2D eigenvalue weighted by atomic mass is 10.0. The molecule has 0 heterocycles. The van der Waals surface area contributed by atoms with Crippen molar-refractivity contribution < 1.29 is 14.4 Å². The predicted octanol–water partition coefficient (Wildman–Crippen LogP) is 3.69. The largest absolute Gasteiger partial charge is 0.350 e. The first-order valence-corrected chi connectivity index (χ1v) is 10.9. The molecule has 2 aromatic rings. The Labute approximate surface area is 187 Å². The lowest BCUT2D eigenvalue weighted by molar-refractivity contribution is -0.123. The zero-order chi connectivity index (χ0) is 22.4. The highest BCUT2D eigenvalue weighted by molar-refractivity contribution is 6.30. The summed E-state index contributed by atoms with van der Waals surface area (Å²) in [6.45, 7) is 4.31. The van der Waals surface area contributed by atoms with Gasteiger partial charge in [-0.2, -0.15) is 0 Å². The number of halogens is 1. The quantitative estimate of drug-likeness (QED) is 0.554. The van der Waals surface area contributed by atoms with Gasteiger partial charge in [0.25, 0.3) is 11.8 Å². The molecule has 0 spiro atoms. The smallest absolute Gasteiger partial charge is 0.251 e. The first-order chi connectivity index (χ1) is 14.8. The van der Waals surface area contributed by atoms with E-state index in [4.69, 9.17) is 11.6 Å². The van der Waals surface area contributed by atoms with Crippen LogP contribution in [-0.4, -0.2) is 29.8 Å². The summed E-state index contributed by atoms with van der Waals surface area (Å²) in [4.78, 5) is 37.4. The van der Waals surface area contributed by atoms with Crippen molar-refractivity contribution in [3.8, 4) is 0 Å². The number of amides is 3. The Balaban J connectivity index is 1.56. The molecule has 164 valence electrons. The van der Waals surface area contributed by atoms with E-state index in [-0.39, 0.29) is 23.6 Å². The summed E-state index contributed by atoms with van der Waals surface area (Å²) < 4.78 is 0. The van der Waals surface area contributed by atoms with E-state index in [1.165, 1.54) is 0 Å². The van der Waals surface area contributed by atoms with Crippen molar-refractivity contribution in [1.29, 1.82) is 0 Å². The van der Waals surface area contributed by atoms with Gasteiger partial charge in [-0.05, 0) is 67.1 Å². The van der Waals surface area contributed by atoms with Crippen molar-refractivity contribution in [2.24, 2.45) is 5.92 Å². The van der Waals surface area contributed by atoms with Gasteiger partial charge in [-0.1, -0.05) is 37.6 Å². The Kier molecular flexibility index (Phi) is 7.69. The van der Waals surface area contributed by atoms with Gasteiger partial charge in [0.05, 0.1) is 0 Å². The molecule has 7 heteroatoms. The first kappa shape index (κ1) is 22.8. The molecule has 1 saturated carbocycles. The second kappa shape index (κ2) is 10.4. The number of benzene rings is 2. The molecular formula is C24H28ClN3O3. The second-order valence-corrected chi connectivity index (χ2v) is 8.76. The second-order valence-electron chi connectivity index (χ2n) is 8.32. The zero-order valence-corrected chi connectivity index (χ0v) is 18.5. The average Bonchev–Trinajstić information content (AvgIpc) is 3.56. The van der Waals surface area contributed by atoms with Crippen LogP contribution in [0.1, 0.15) is 59.4 Å². The van der Waals surface area contributed by atoms with Gasteiger partial charge in [-0.3, -0.25) is 14.4 Å². The summed E-state index contributed by atoms with van der Waals surface area (Å²) >= 11 is 5.87.